The van der Waals surface area contributed by atoms with Crippen molar-refractivity contribution in [1.29, 1.82) is 0 Å². The Balaban J connectivity index is 1.55. The summed E-state index contributed by atoms with van der Waals surface area (Å²) in [5.41, 5.74) is 4.71. The number of alkyl halides is 3. The van der Waals surface area contributed by atoms with E-state index in [-0.39, 0.29) is 5.75 Å². The third kappa shape index (κ3) is 7.48. The van der Waals surface area contributed by atoms with Crippen LogP contribution in [0.4, 0.5) is 23.7 Å². The first-order valence-corrected chi connectivity index (χ1v) is 10.4. The van der Waals surface area contributed by atoms with Crippen LogP contribution in [0.5, 0.6) is 5.75 Å². The van der Waals surface area contributed by atoms with Gasteiger partial charge < -0.3 is 19.6 Å². The van der Waals surface area contributed by atoms with E-state index < -0.39 is 30.3 Å². The molecule has 0 fully saturated rings. The molecule has 0 saturated carbocycles. The second kappa shape index (κ2) is 10.1. The number of nitrogens with zero attached hydrogens (tertiary/aromatic N) is 2. The van der Waals surface area contributed by atoms with Crippen LogP contribution in [0.15, 0.2) is 53.5 Å². The number of amides is 1. The number of carbonyl (C=O) groups excluding carboxylic acids is 2. The number of rotatable bonds is 7. The lowest BCUT2D eigenvalue weighted by molar-refractivity contribution is -0.274. The van der Waals surface area contributed by atoms with Crippen molar-refractivity contribution in [1.82, 2.24) is 10.7 Å². The summed E-state index contributed by atoms with van der Waals surface area (Å²) in [4.78, 5) is 27.6. The first-order valence-electron chi connectivity index (χ1n) is 10.4. The van der Waals surface area contributed by atoms with Gasteiger partial charge in [-0.15, -0.1) is 13.2 Å². The summed E-state index contributed by atoms with van der Waals surface area (Å²) in [6.07, 6.45) is -3.33. The molecule has 1 aliphatic rings. The third-order valence-electron chi connectivity index (χ3n) is 4.56. The predicted molar refractivity (Wildman–Crippen MR) is 119 cm³/mol. The van der Waals surface area contributed by atoms with E-state index in [9.17, 15) is 22.8 Å². The number of ether oxygens (including phenoxy) is 2. The van der Waals surface area contributed by atoms with Crippen LogP contribution in [0.3, 0.4) is 0 Å². The molecule has 0 radical (unpaired) electrons. The fourth-order valence-electron chi connectivity index (χ4n) is 3.12. The van der Waals surface area contributed by atoms with Crippen molar-refractivity contribution in [2.24, 2.45) is 4.99 Å². The zero-order chi connectivity index (χ0) is 24.9. The number of hydrogen-bond donors (Lipinski definition) is 2. The van der Waals surface area contributed by atoms with Gasteiger partial charge in [-0.1, -0.05) is 24.3 Å². The Bertz CT molecular complexity index is 1020. The van der Waals surface area contributed by atoms with E-state index in [2.05, 4.69) is 20.5 Å². The Hall–Kier alpha value is -3.60. The quantitative estimate of drug-likeness (QED) is 0.578. The highest BCUT2D eigenvalue weighted by atomic mass is 19.4. The van der Waals surface area contributed by atoms with Crippen molar-refractivity contribution in [2.45, 2.75) is 51.4 Å². The Labute approximate surface area is 194 Å². The SMILES string of the molecule is CC(C)(C)OC(=O)NC(C=O)Cc1ccc(C2N=CN(c3ccc(OC(F)(F)F)cc3)N2)cc1. The molecule has 34 heavy (non-hydrogen) atoms. The second-order valence-corrected chi connectivity index (χ2v) is 8.54. The number of nitrogens with one attached hydrogen (secondary N) is 2. The molecule has 8 nitrogen and oxygen atoms in total. The largest absolute Gasteiger partial charge is 0.573 e. The van der Waals surface area contributed by atoms with E-state index in [1.54, 1.807) is 25.8 Å². The number of benzene rings is 2. The van der Waals surface area contributed by atoms with Gasteiger partial charge in [0.05, 0.1) is 11.7 Å². The maximum absolute atomic E-state index is 12.3. The van der Waals surface area contributed by atoms with Gasteiger partial charge in [0.15, 0.2) is 0 Å². The normalized spacial score (nSPS) is 16.8. The number of alkyl carbamates (subject to hydrolysis) is 1. The molecule has 2 unspecified atom stereocenters. The van der Waals surface area contributed by atoms with Crippen LogP contribution in [-0.2, 0) is 16.0 Å². The topological polar surface area (TPSA) is 92.3 Å². The van der Waals surface area contributed by atoms with Gasteiger partial charge in [-0.2, -0.15) is 5.43 Å². The third-order valence-corrected chi connectivity index (χ3v) is 4.56. The van der Waals surface area contributed by atoms with E-state index in [1.807, 2.05) is 24.3 Å². The van der Waals surface area contributed by atoms with Gasteiger partial charge in [0.2, 0.25) is 0 Å². The number of anilines is 1. The van der Waals surface area contributed by atoms with Crippen LogP contribution < -0.4 is 20.5 Å². The minimum Gasteiger partial charge on any atom is -0.444 e. The Morgan fingerprint density at radius 2 is 1.79 bits per heavy atom. The molecule has 0 spiro atoms. The molecule has 0 saturated heterocycles. The average Bonchev–Trinajstić information content (AvgIpc) is 3.22. The van der Waals surface area contributed by atoms with E-state index in [0.29, 0.717) is 18.4 Å². The lowest BCUT2D eigenvalue weighted by atomic mass is 10.0. The molecule has 2 aromatic carbocycles. The number of aliphatic imine (C=N–C) groups is 1. The summed E-state index contributed by atoms with van der Waals surface area (Å²) in [5.74, 6) is -0.311. The van der Waals surface area contributed by atoms with Crippen molar-refractivity contribution >= 4 is 24.4 Å². The average molecular weight is 478 g/mol. The van der Waals surface area contributed by atoms with E-state index in [0.717, 1.165) is 11.1 Å². The zero-order valence-corrected chi connectivity index (χ0v) is 18.8. The van der Waals surface area contributed by atoms with Crippen LogP contribution >= 0.6 is 0 Å². The van der Waals surface area contributed by atoms with Gasteiger partial charge in [0, 0.05) is 0 Å². The molecule has 0 aromatic heterocycles. The molecule has 2 atom stereocenters. The van der Waals surface area contributed by atoms with Crippen LogP contribution in [0.1, 0.15) is 38.1 Å². The van der Waals surface area contributed by atoms with Gasteiger partial charge in [-0.05, 0) is 62.6 Å². The van der Waals surface area contributed by atoms with E-state index in [1.165, 1.54) is 30.6 Å². The summed E-state index contributed by atoms with van der Waals surface area (Å²) in [5, 5.41) is 4.13. The monoisotopic (exact) mass is 478 g/mol. The molecule has 182 valence electrons. The molecule has 1 aliphatic heterocycles. The maximum Gasteiger partial charge on any atom is 0.573 e. The molecule has 0 bridgehead atoms. The Morgan fingerprint density at radius 3 is 2.35 bits per heavy atom. The molecule has 1 amide bonds. The minimum atomic E-state index is -4.75. The lowest BCUT2D eigenvalue weighted by Crippen LogP contribution is -2.41. The predicted octanol–water partition coefficient (Wildman–Crippen LogP) is 4.27. The number of carbonyl (C=O) groups is 2. The van der Waals surface area contributed by atoms with Gasteiger partial charge in [-0.25, -0.2) is 9.79 Å². The van der Waals surface area contributed by atoms with Crippen LogP contribution in [0.2, 0.25) is 0 Å². The molecule has 3 rings (SSSR count). The standard InChI is InChI=1S/C23H25F3N4O4/c1-22(2,3)34-21(32)28-17(13-31)12-15-4-6-16(7-5-15)20-27-14-30(29-20)18-8-10-19(11-9-18)33-23(24,25)26/h4-11,13-14,17,20,29H,12H2,1-3H3,(H,28,32). The van der Waals surface area contributed by atoms with Crippen molar-refractivity contribution in [2.75, 3.05) is 5.01 Å². The van der Waals surface area contributed by atoms with E-state index in [4.69, 9.17) is 4.74 Å². The molecule has 2 N–H and O–H groups in total. The molecule has 11 heteroatoms. The molecule has 1 heterocycles. The molecular formula is C23H25F3N4O4. The molecule has 0 aliphatic carbocycles. The van der Waals surface area contributed by atoms with Crippen LogP contribution in [0, 0.1) is 0 Å². The van der Waals surface area contributed by atoms with E-state index >= 15 is 0 Å². The lowest BCUT2D eigenvalue weighted by Gasteiger charge is -2.21. The highest BCUT2D eigenvalue weighted by Crippen LogP contribution is 2.27. The summed E-state index contributed by atoms with van der Waals surface area (Å²) < 4.78 is 46.0. The van der Waals surface area contributed by atoms with Crippen LogP contribution in [-0.4, -0.2) is 36.7 Å². The first-order chi connectivity index (χ1) is 15.9. The fourth-order valence-corrected chi connectivity index (χ4v) is 3.12. The van der Waals surface area contributed by atoms with Crippen molar-refractivity contribution in [3.05, 3.63) is 59.7 Å². The number of halogens is 3. The number of aldehydes is 1. The van der Waals surface area contributed by atoms with Gasteiger partial charge in [0.25, 0.3) is 0 Å². The zero-order valence-electron chi connectivity index (χ0n) is 18.8. The second-order valence-electron chi connectivity index (χ2n) is 8.54. The highest BCUT2D eigenvalue weighted by molar-refractivity contribution is 5.80. The fraction of sp³-hybridized carbons (Fsp3) is 0.348. The first kappa shape index (κ1) is 25.0. The minimum absolute atomic E-state index is 0.295. The van der Waals surface area contributed by atoms with Crippen LogP contribution in [0.25, 0.3) is 0 Å². The Kier molecular flexibility index (Phi) is 7.45. The summed E-state index contributed by atoms with van der Waals surface area (Å²) in [6, 6.07) is 12.0. The summed E-state index contributed by atoms with van der Waals surface area (Å²) in [6.45, 7) is 5.21. The van der Waals surface area contributed by atoms with Gasteiger partial charge in [0.1, 0.15) is 30.1 Å². The smallest absolute Gasteiger partial charge is 0.444 e. The van der Waals surface area contributed by atoms with Gasteiger partial charge in [-0.3, -0.25) is 5.01 Å². The van der Waals surface area contributed by atoms with Crippen molar-refractivity contribution < 1.29 is 32.2 Å². The maximum atomic E-state index is 12.3. The summed E-state index contributed by atoms with van der Waals surface area (Å²) in [7, 11) is 0. The highest BCUT2D eigenvalue weighted by Gasteiger charge is 2.31. The van der Waals surface area contributed by atoms with Crippen molar-refractivity contribution in [3.8, 4) is 5.75 Å². The number of hydrazine groups is 1. The molecular weight excluding hydrogens is 453 g/mol. The van der Waals surface area contributed by atoms with Crippen molar-refractivity contribution in [3.63, 3.8) is 0 Å². The number of hydrogen-bond acceptors (Lipinski definition) is 7. The molecule has 2 aromatic rings. The summed E-state index contributed by atoms with van der Waals surface area (Å²) >= 11 is 0. The Morgan fingerprint density at radius 1 is 1.15 bits per heavy atom. The van der Waals surface area contributed by atoms with Gasteiger partial charge >= 0.3 is 12.5 Å².